The lowest BCUT2D eigenvalue weighted by molar-refractivity contribution is -0.122. The first-order valence-electron chi connectivity index (χ1n) is 9.45. The van der Waals surface area contributed by atoms with Gasteiger partial charge in [0.15, 0.2) is 16.7 Å². The fraction of sp³-hybridized carbons (Fsp3) is 0.273. The molecule has 8 heteroatoms. The number of ether oxygens (including phenoxy) is 3. The third-order valence-electron chi connectivity index (χ3n) is 4.37. The summed E-state index contributed by atoms with van der Waals surface area (Å²) in [4.78, 5) is 19.7. The number of benzene rings is 2. The van der Waals surface area contributed by atoms with Crippen molar-refractivity contribution in [2.75, 3.05) is 27.4 Å². The van der Waals surface area contributed by atoms with Gasteiger partial charge in [-0.15, -0.1) is 0 Å². The van der Waals surface area contributed by atoms with Crippen molar-refractivity contribution in [1.82, 2.24) is 4.90 Å². The molecule has 2 aromatic carbocycles. The highest BCUT2D eigenvalue weighted by Crippen LogP contribution is 2.38. The van der Waals surface area contributed by atoms with E-state index in [1.165, 1.54) is 11.8 Å². The molecular weight excluding hydrogens is 424 g/mol. The molecule has 0 radical (unpaired) electrons. The summed E-state index contributed by atoms with van der Waals surface area (Å²) in [6.07, 6.45) is 1.75. The fourth-order valence-electron chi connectivity index (χ4n) is 2.89. The van der Waals surface area contributed by atoms with Crippen LogP contribution < -0.4 is 14.2 Å². The quantitative estimate of drug-likeness (QED) is 0.534. The molecule has 30 heavy (non-hydrogen) atoms. The molecule has 0 atom stereocenters. The maximum atomic E-state index is 12.9. The van der Waals surface area contributed by atoms with E-state index in [0.717, 1.165) is 11.4 Å². The highest BCUT2D eigenvalue weighted by molar-refractivity contribution is 8.18. The molecule has 0 unspecified atom stereocenters. The molecule has 0 spiro atoms. The number of likely N-dealkylation sites (N-methyl/N-ethyl adjacent to an activating group) is 1. The first-order chi connectivity index (χ1) is 14.5. The number of rotatable bonds is 7. The monoisotopic (exact) mass is 446 g/mol. The van der Waals surface area contributed by atoms with Gasteiger partial charge < -0.3 is 14.2 Å². The lowest BCUT2D eigenvalue weighted by Gasteiger charge is -2.12. The van der Waals surface area contributed by atoms with Crippen molar-refractivity contribution in [2.24, 2.45) is 4.99 Å². The van der Waals surface area contributed by atoms with Gasteiger partial charge in [-0.2, -0.15) is 0 Å². The Hall–Kier alpha value is -2.64. The molecule has 0 aliphatic carbocycles. The Bertz CT molecular complexity index is 989. The van der Waals surface area contributed by atoms with Gasteiger partial charge in [-0.05, 0) is 67.6 Å². The Morgan fingerprint density at radius 1 is 1.10 bits per heavy atom. The predicted octanol–water partition coefficient (Wildman–Crippen LogP) is 5.38. The second-order valence-electron chi connectivity index (χ2n) is 6.21. The second kappa shape index (κ2) is 9.91. The summed E-state index contributed by atoms with van der Waals surface area (Å²) in [6, 6.07) is 10.9. The number of hydrogen-bond acceptors (Lipinski definition) is 6. The van der Waals surface area contributed by atoms with Crippen LogP contribution in [0.25, 0.3) is 6.08 Å². The summed E-state index contributed by atoms with van der Waals surface area (Å²) >= 11 is 7.70. The summed E-state index contributed by atoms with van der Waals surface area (Å²) in [7, 11) is 3.10. The van der Waals surface area contributed by atoms with Crippen molar-refractivity contribution < 1.29 is 19.0 Å². The lowest BCUT2D eigenvalue weighted by atomic mass is 10.1. The predicted molar refractivity (Wildman–Crippen MR) is 122 cm³/mol. The van der Waals surface area contributed by atoms with Crippen LogP contribution in [0.2, 0.25) is 5.02 Å². The van der Waals surface area contributed by atoms with E-state index in [1.54, 1.807) is 37.3 Å². The minimum atomic E-state index is -0.113. The number of amidine groups is 1. The number of thioether (sulfide) groups is 1. The zero-order chi connectivity index (χ0) is 21.7. The van der Waals surface area contributed by atoms with E-state index in [0.29, 0.717) is 45.3 Å². The Labute approximate surface area is 185 Å². The molecule has 1 saturated heterocycles. The van der Waals surface area contributed by atoms with E-state index in [1.807, 2.05) is 38.1 Å². The summed E-state index contributed by atoms with van der Waals surface area (Å²) in [6.45, 7) is 4.97. The van der Waals surface area contributed by atoms with Gasteiger partial charge >= 0.3 is 0 Å². The van der Waals surface area contributed by atoms with Crippen LogP contribution in [0.3, 0.4) is 0 Å². The van der Waals surface area contributed by atoms with Crippen molar-refractivity contribution in [3.05, 3.63) is 51.9 Å². The van der Waals surface area contributed by atoms with E-state index >= 15 is 0 Å². The van der Waals surface area contributed by atoms with Crippen molar-refractivity contribution in [3.8, 4) is 17.2 Å². The molecule has 2 aromatic rings. The molecule has 1 amide bonds. The maximum absolute atomic E-state index is 12.9. The number of carbonyl (C=O) groups excluding carboxylic acids is 1. The van der Waals surface area contributed by atoms with E-state index in [9.17, 15) is 4.79 Å². The second-order valence-corrected chi connectivity index (χ2v) is 7.63. The summed E-state index contributed by atoms with van der Waals surface area (Å²) < 4.78 is 16.1. The summed E-state index contributed by atoms with van der Waals surface area (Å²) in [5, 5.41) is 1.09. The molecule has 3 rings (SSSR count). The highest BCUT2D eigenvalue weighted by Gasteiger charge is 2.32. The van der Waals surface area contributed by atoms with Crippen LogP contribution in [0, 0.1) is 0 Å². The molecule has 1 aliphatic rings. The van der Waals surface area contributed by atoms with Gasteiger partial charge in [0.25, 0.3) is 5.91 Å². The lowest BCUT2D eigenvalue weighted by Crippen LogP contribution is -2.28. The molecule has 1 aliphatic heterocycles. The van der Waals surface area contributed by atoms with Crippen LogP contribution in [-0.2, 0) is 4.79 Å². The topological polar surface area (TPSA) is 60.4 Å². The van der Waals surface area contributed by atoms with Gasteiger partial charge in [0.1, 0.15) is 5.75 Å². The molecule has 158 valence electrons. The first-order valence-corrected chi connectivity index (χ1v) is 10.6. The first kappa shape index (κ1) is 22.1. The maximum Gasteiger partial charge on any atom is 0.266 e. The van der Waals surface area contributed by atoms with Crippen LogP contribution in [0.5, 0.6) is 17.2 Å². The molecule has 0 bridgehead atoms. The number of carbonyl (C=O) groups is 1. The third-order valence-corrected chi connectivity index (χ3v) is 5.70. The number of aliphatic imine (C=N–C) groups is 1. The summed E-state index contributed by atoms with van der Waals surface area (Å²) in [5.74, 6) is 1.74. The van der Waals surface area contributed by atoms with E-state index < -0.39 is 0 Å². The Kier molecular flexibility index (Phi) is 7.29. The van der Waals surface area contributed by atoms with E-state index in [4.69, 9.17) is 25.8 Å². The molecule has 6 nitrogen and oxygen atoms in total. The zero-order valence-corrected chi connectivity index (χ0v) is 18.8. The Morgan fingerprint density at radius 2 is 1.77 bits per heavy atom. The number of methoxy groups -OCH3 is 2. The van der Waals surface area contributed by atoms with Crippen LogP contribution in [-0.4, -0.2) is 43.3 Å². The van der Waals surface area contributed by atoms with Gasteiger partial charge in [0.05, 0.1) is 36.4 Å². The normalized spacial score (nSPS) is 16.4. The molecule has 0 N–H and O–H groups in total. The number of hydrogen-bond donors (Lipinski definition) is 0. The largest absolute Gasteiger partial charge is 0.494 e. The SMILES string of the molecule is CCOc1ccc(N=C2SC(=Cc3cc(OC)c(OC)cc3Cl)C(=O)N2CC)cc1. The minimum Gasteiger partial charge on any atom is -0.494 e. The van der Waals surface area contributed by atoms with Gasteiger partial charge in [0.2, 0.25) is 0 Å². The van der Waals surface area contributed by atoms with Crippen LogP contribution >= 0.6 is 23.4 Å². The molecular formula is C22H23ClN2O4S. The number of halogens is 1. The van der Waals surface area contributed by atoms with E-state index in [2.05, 4.69) is 4.99 Å². The molecule has 0 saturated carbocycles. The van der Waals surface area contributed by atoms with Gasteiger partial charge in [0, 0.05) is 12.6 Å². The Morgan fingerprint density at radius 3 is 2.37 bits per heavy atom. The van der Waals surface area contributed by atoms with E-state index in [-0.39, 0.29) is 5.91 Å². The number of nitrogens with zero attached hydrogens (tertiary/aromatic N) is 2. The molecule has 1 fully saturated rings. The number of amides is 1. The van der Waals surface area contributed by atoms with Gasteiger partial charge in [-0.1, -0.05) is 11.6 Å². The Balaban J connectivity index is 1.92. The molecule has 0 aromatic heterocycles. The van der Waals surface area contributed by atoms with Crippen molar-refractivity contribution in [3.63, 3.8) is 0 Å². The van der Waals surface area contributed by atoms with Crippen molar-refractivity contribution in [1.29, 1.82) is 0 Å². The minimum absolute atomic E-state index is 0.113. The third kappa shape index (κ3) is 4.74. The standard InChI is InChI=1S/C22H23ClN2O4S/c1-5-25-21(26)20(12-14-11-18(27-3)19(28-4)13-17(14)23)30-22(25)24-15-7-9-16(10-8-15)29-6-2/h7-13H,5-6H2,1-4H3. The highest BCUT2D eigenvalue weighted by atomic mass is 35.5. The smallest absolute Gasteiger partial charge is 0.266 e. The summed E-state index contributed by atoms with van der Waals surface area (Å²) in [5.41, 5.74) is 1.42. The van der Waals surface area contributed by atoms with Crippen molar-refractivity contribution >= 4 is 46.2 Å². The van der Waals surface area contributed by atoms with Crippen molar-refractivity contribution in [2.45, 2.75) is 13.8 Å². The average Bonchev–Trinajstić information content (AvgIpc) is 3.04. The van der Waals surface area contributed by atoms with Crippen LogP contribution in [0.15, 0.2) is 46.3 Å². The molecule has 1 heterocycles. The van der Waals surface area contributed by atoms with Gasteiger partial charge in [-0.25, -0.2) is 4.99 Å². The average molecular weight is 447 g/mol. The fourth-order valence-corrected chi connectivity index (χ4v) is 4.15. The van der Waals surface area contributed by atoms with Gasteiger partial charge in [-0.3, -0.25) is 9.69 Å². The van der Waals surface area contributed by atoms with Crippen LogP contribution in [0.1, 0.15) is 19.4 Å². The zero-order valence-electron chi connectivity index (χ0n) is 17.3. The van der Waals surface area contributed by atoms with Crippen LogP contribution in [0.4, 0.5) is 5.69 Å².